The third-order valence-electron chi connectivity index (χ3n) is 2.21. The second-order valence-corrected chi connectivity index (χ2v) is 3.04. The first-order valence-electron chi connectivity index (χ1n) is 4.35. The lowest BCUT2D eigenvalue weighted by atomic mass is 10.3. The summed E-state index contributed by atoms with van der Waals surface area (Å²) in [6.07, 6.45) is 2.58. The summed E-state index contributed by atoms with van der Waals surface area (Å²) in [7, 11) is 1.85. The van der Waals surface area contributed by atoms with Crippen molar-refractivity contribution in [2.75, 3.05) is 0 Å². The second kappa shape index (κ2) is 3.46. The Labute approximate surface area is 82.0 Å². The van der Waals surface area contributed by atoms with E-state index < -0.39 is 0 Å². The molecular formula is C11H10N2O. The van der Waals surface area contributed by atoms with E-state index in [0.717, 1.165) is 17.7 Å². The van der Waals surface area contributed by atoms with Crippen molar-refractivity contribution in [2.24, 2.45) is 7.05 Å². The summed E-state index contributed by atoms with van der Waals surface area (Å²) >= 11 is 0. The lowest BCUT2D eigenvalue weighted by molar-refractivity contribution is 0.111. The smallest absolute Gasteiger partial charge is 0.166 e. The van der Waals surface area contributed by atoms with E-state index in [0.29, 0.717) is 5.69 Å². The van der Waals surface area contributed by atoms with Crippen LogP contribution in [0.2, 0.25) is 0 Å². The SMILES string of the molecule is Cn1c(C=O)ccc1-c1ccccn1. The van der Waals surface area contributed by atoms with Crippen LogP contribution >= 0.6 is 0 Å². The summed E-state index contributed by atoms with van der Waals surface area (Å²) < 4.78 is 1.83. The molecule has 0 saturated heterocycles. The second-order valence-electron chi connectivity index (χ2n) is 3.04. The van der Waals surface area contributed by atoms with Gasteiger partial charge in [-0.05, 0) is 24.3 Å². The van der Waals surface area contributed by atoms with Gasteiger partial charge < -0.3 is 4.57 Å². The fraction of sp³-hybridized carbons (Fsp3) is 0.0909. The zero-order valence-electron chi connectivity index (χ0n) is 7.84. The Morgan fingerprint density at radius 1 is 1.29 bits per heavy atom. The van der Waals surface area contributed by atoms with Crippen LogP contribution in [-0.4, -0.2) is 15.8 Å². The molecular weight excluding hydrogens is 176 g/mol. The monoisotopic (exact) mass is 186 g/mol. The molecule has 0 atom stereocenters. The highest BCUT2D eigenvalue weighted by Gasteiger charge is 2.05. The fourth-order valence-electron chi connectivity index (χ4n) is 1.42. The average molecular weight is 186 g/mol. The van der Waals surface area contributed by atoms with Gasteiger partial charge in [0.2, 0.25) is 0 Å². The summed E-state index contributed by atoms with van der Waals surface area (Å²) in [5.41, 5.74) is 2.49. The van der Waals surface area contributed by atoms with Crippen LogP contribution in [0.15, 0.2) is 36.5 Å². The minimum atomic E-state index is 0.658. The molecule has 2 aromatic heterocycles. The Morgan fingerprint density at radius 3 is 2.71 bits per heavy atom. The highest BCUT2D eigenvalue weighted by atomic mass is 16.1. The third kappa shape index (κ3) is 1.33. The van der Waals surface area contributed by atoms with Crippen LogP contribution in [0.1, 0.15) is 10.5 Å². The summed E-state index contributed by atoms with van der Waals surface area (Å²) in [5, 5.41) is 0. The van der Waals surface area contributed by atoms with Crippen molar-refractivity contribution >= 4 is 6.29 Å². The maximum Gasteiger partial charge on any atom is 0.166 e. The number of hydrogen-bond acceptors (Lipinski definition) is 2. The summed E-state index contributed by atoms with van der Waals surface area (Å²) in [6.45, 7) is 0. The molecule has 0 aromatic carbocycles. The van der Waals surface area contributed by atoms with Crippen LogP contribution in [0.5, 0.6) is 0 Å². The first-order valence-corrected chi connectivity index (χ1v) is 4.35. The number of nitrogens with zero attached hydrogens (tertiary/aromatic N) is 2. The van der Waals surface area contributed by atoms with Crippen molar-refractivity contribution in [3.63, 3.8) is 0 Å². The molecule has 70 valence electrons. The summed E-state index contributed by atoms with van der Waals surface area (Å²) in [6, 6.07) is 9.40. The molecule has 0 radical (unpaired) electrons. The quantitative estimate of drug-likeness (QED) is 0.671. The predicted molar refractivity (Wildman–Crippen MR) is 54.0 cm³/mol. The first-order chi connectivity index (χ1) is 6.83. The van der Waals surface area contributed by atoms with E-state index >= 15 is 0 Å². The molecule has 0 fully saturated rings. The van der Waals surface area contributed by atoms with Gasteiger partial charge in [-0.2, -0.15) is 0 Å². The minimum absolute atomic E-state index is 0.658. The highest BCUT2D eigenvalue weighted by molar-refractivity contribution is 5.75. The molecule has 0 N–H and O–H groups in total. The van der Waals surface area contributed by atoms with Crippen molar-refractivity contribution < 1.29 is 4.79 Å². The van der Waals surface area contributed by atoms with Crippen molar-refractivity contribution in [2.45, 2.75) is 0 Å². The van der Waals surface area contributed by atoms with Crippen molar-refractivity contribution in [1.29, 1.82) is 0 Å². The maximum absolute atomic E-state index is 10.6. The normalized spacial score (nSPS) is 10.1. The Hall–Kier alpha value is -1.90. The van der Waals surface area contributed by atoms with E-state index in [1.54, 1.807) is 12.3 Å². The van der Waals surface area contributed by atoms with E-state index in [9.17, 15) is 4.79 Å². The molecule has 0 aliphatic heterocycles. The number of aromatic nitrogens is 2. The van der Waals surface area contributed by atoms with Gasteiger partial charge in [-0.25, -0.2) is 0 Å². The molecule has 0 saturated carbocycles. The van der Waals surface area contributed by atoms with E-state index in [1.165, 1.54) is 0 Å². The number of carbonyl (C=O) groups excluding carboxylic acids is 1. The maximum atomic E-state index is 10.6. The summed E-state index contributed by atoms with van der Waals surface area (Å²) in [4.78, 5) is 14.9. The molecule has 3 heteroatoms. The average Bonchev–Trinajstić information content (AvgIpc) is 2.61. The van der Waals surface area contributed by atoms with Gasteiger partial charge >= 0.3 is 0 Å². The predicted octanol–water partition coefficient (Wildman–Crippen LogP) is 1.90. The Kier molecular flexibility index (Phi) is 2.14. The van der Waals surface area contributed by atoms with Crippen LogP contribution in [-0.2, 0) is 7.05 Å². The van der Waals surface area contributed by atoms with Gasteiger partial charge in [-0.3, -0.25) is 9.78 Å². The lowest BCUT2D eigenvalue weighted by Gasteiger charge is -2.02. The van der Waals surface area contributed by atoms with Gasteiger partial charge in [0.25, 0.3) is 0 Å². The minimum Gasteiger partial charge on any atom is -0.340 e. The molecule has 3 nitrogen and oxygen atoms in total. The van der Waals surface area contributed by atoms with Gasteiger partial charge in [-0.15, -0.1) is 0 Å². The standard InChI is InChI=1S/C11H10N2O/c1-13-9(8-14)5-6-11(13)10-4-2-3-7-12-10/h2-8H,1H3. The van der Waals surface area contributed by atoms with Gasteiger partial charge in [0.1, 0.15) is 0 Å². The Morgan fingerprint density at radius 2 is 2.14 bits per heavy atom. The largest absolute Gasteiger partial charge is 0.340 e. The number of pyridine rings is 1. The van der Waals surface area contributed by atoms with Crippen LogP contribution in [0.3, 0.4) is 0 Å². The molecule has 2 heterocycles. The molecule has 2 rings (SSSR count). The van der Waals surface area contributed by atoms with Crippen LogP contribution in [0.4, 0.5) is 0 Å². The van der Waals surface area contributed by atoms with Crippen molar-refractivity contribution in [1.82, 2.24) is 9.55 Å². The number of hydrogen-bond donors (Lipinski definition) is 0. The molecule has 0 aliphatic rings. The van der Waals surface area contributed by atoms with E-state index in [4.69, 9.17) is 0 Å². The number of rotatable bonds is 2. The first kappa shape index (κ1) is 8.69. The van der Waals surface area contributed by atoms with Crippen molar-refractivity contribution in [3.8, 4) is 11.4 Å². The molecule has 0 spiro atoms. The van der Waals surface area contributed by atoms with Gasteiger partial charge in [0.15, 0.2) is 6.29 Å². The molecule has 0 bridgehead atoms. The Bertz CT molecular complexity index is 446. The zero-order chi connectivity index (χ0) is 9.97. The fourth-order valence-corrected chi connectivity index (χ4v) is 1.42. The number of carbonyl (C=O) groups is 1. The molecule has 14 heavy (non-hydrogen) atoms. The van der Waals surface area contributed by atoms with Gasteiger partial charge in [0.05, 0.1) is 17.1 Å². The third-order valence-corrected chi connectivity index (χ3v) is 2.21. The van der Waals surface area contributed by atoms with Gasteiger partial charge in [0, 0.05) is 13.2 Å². The molecule has 0 aliphatic carbocycles. The molecule has 0 unspecified atom stereocenters. The lowest BCUT2D eigenvalue weighted by Crippen LogP contribution is -1.97. The van der Waals surface area contributed by atoms with Gasteiger partial charge in [-0.1, -0.05) is 6.07 Å². The Balaban J connectivity index is 2.53. The van der Waals surface area contributed by atoms with Crippen LogP contribution in [0, 0.1) is 0 Å². The van der Waals surface area contributed by atoms with Crippen molar-refractivity contribution in [3.05, 3.63) is 42.2 Å². The summed E-state index contributed by atoms with van der Waals surface area (Å²) in [5.74, 6) is 0. The molecule has 2 aromatic rings. The van der Waals surface area contributed by atoms with Crippen LogP contribution < -0.4 is 0 Å². The topological polar surface area (TPSA) is 34.9 Å². The highest BCUT2D eigenvalue weighted by Crippen LogP contribution is 2.17. The van der Waals surface area contributed by atoms with Crippen LogP contribution in [0.25, 0.3) is 11.4 Å². The molecule has 0 amide bonds. The number of aldehydes is 1. The zero-order valence-corrected chi connectivity index (χ0v) is 7.84. The van der Waals surface area contributed by atoms with E-state index in [1.807, 2.05) is 35.9 Å². The van der Waals surface area contributed by atoms with E-state index in [-0.39, 0.29) is 0 Å². The van der Waals surface area contributed by atoms with E-state index in [2.05, 4.69) is 4.98 Å².